The molecule has 0 aliphatic carbocycles. The fraction of sp³-hybridized carbons (Fsp3) is 0.286. The van der Waals surface area contributed by atoms with E-state index in [2.05, 4.69) is 4.99 Å². The maximum absolute atomic E-state index is 12.2. The van der Waals surface area contributed by atoms with Crippen molar-refractivity contribution in [3.8, 4) is 0 Å². The maximum atomic E-state index is 12.2. The van der Waals surface area contributed by atoms with Gasteiger partial charge in [-0.3, -0.25) is 4.99 Å². The minimum Gasteiger partial charge on any atom is -0.273 e. The molecule has 2 rings (SSSR count). The van der Waals surface area contributed by atoms with Crippen molar-refractivity contribution in [3.05, 3.63) is 21.4 Å². The zero-order valence-corrected chi connectivity index (χ0v) is 9.13. The summed E-state index contributed by atoms with van der Waals surface area (Å²) in [6, 6.07) is 1.19. The summed E-state index contributed by atoms with van der Waals surface area (Å²) in [6.07, 6.45) is -4.22. The summed E-state index contributed by atoms with van der Waals surface area (Å²) in [4.78, 5) is 4.18. The monoisotopic (exact) mass is 317 g/mol. The number of hydrogen-bond donors (Lipinski definition) is 0. The lowest BCUT2D eigenvalue weighted by molar-refractivity contribution is -0.134. The predicted octanol–water partition coefficient (Wildman–Crippen LogP) is 3.46. The molecule has 0 radical (unpaired) electrons. The van der Waals surface area contributed by atoms with Crippen LogP contribution in [0, 0.1) is 0 Å². The fourth-order valence-electron chi connectivity index (χ4n) is 1.09. The highest BCUT2D eigenvalue weighted by atomic mass is 127. The van der Waals surface area contributed by atoms with E-state index >= 15 is 0 Å². The molecule has 0 atom stereocenters. The highest BCUT2D eigenvalue weighted by Gasteiger charge is 2.35. The van der Waals surface area contributed by atoms with Crippen LogP contribution in [0.3, 0.4) is 0 Å². The van der Waals surface area contributed by atoms with Gasteiger partial charge in [-0.2, -0.15) is 13.2 Å². The van der Waals surface area contributed by atoms with Crippen LogP contribution in [0.5, 0.6) is 0 Å². The van der Waals surface area contributed by atoms with Crippen molar-refractivity contribution in [3.63, 3.8) is 0 Å². The molecule has 13 heavy (non-hydrogen) atoms. The Hall–Kier alpha value is -0.110. The van der Waals surface area contributed by atoms with E-state index in [1.807, 2.05) is 22.6 Å². The van der Waals surface area contributed by atoms with Gasteiger partial charge in [-0.1, -0.05) is 0 Å². The van der Waals surface area contributed by atoms with Crippen molar-refractivity contribution in [1.82, 2.24) is 0 Å². The molecule has 2 heterocycles. The van der Waals surface area contributed by atoms with Crippen molar-refractivity contribution in [2.75, 3.05) is 0 Å². The zero-order valence-electron chi connectivity index (χ0n) is 6.15. The second-order valence-electron chi connectivity index (χ2n) is 2.57. The average Bonchev–Trinajstić information content (AvgIpc) is 2.51. The molecule has 1 aromatic rings. The number of rotatable bonds is 0. The Kier molecular flexibility index (Phi) is 2.14. The summed E-state index contributed by atoms with van der Waals surface area (Å²) in [6.45, 7) is 0.389. The minimum absolute atomic E-state index is 0.389. The van der Waals surface area contributed by atoms with E-state index in [9.17, 15) is 13.2 Å². The summed E-state index contributed by atoms with van der Waals surface area (Å²) in [5.74, 6) is 0. The van der Waals surface area contributed by atoms with E-state index in [0.717, 1.165) is 11.3 Å². The molecular formula is C7H3F3INS. The molecular weight excluding hydrogens is 314 g/mol. The molecule has 0 saturated carbocycles. The van der Waals surface area contributed by atoms with Crippen LogP contribution in [0.1, 0.15) is 15.3 Å². The average molecular weight is 317 g/mol. The van der Waals surface area contributed by atoms with Gasteiger partial charge in [-0.05, 0) is 34.2 Å². The van der Waals surface area contributed by atoms with E-state index in [1.165, 1.54) is 6.07 Å². The number of alkyl halides is 3. The first-order valence-electron chi connectivity index (χ1n) is 3.38. The molecule has 1 aliphatic heterocycles. The second kappa shape index (κ2) is 2.94. The Morgan fingerprint density at radius 2 is 2.15 bits per heavy atom. The van der Waals surface area contributed by atoms with Crippen molar-refractivity contribution in [2.24, 2.45) is 4.99 Å². The van der Waals surface area contributed by atoms with E-state index in [1.54, 1.807) is 0 Å². The zero-order chi connectivity index (χ0) is 9.64. The lowest BCUT2D eigenvalue weighted by atomic mass is 10.3. The summed E-state index contributed by atoms with van der Waals surface area (Å²) < 4.78 is 37.4. The number of hydrogen-bond acceptors (Lipinski definition) is 2. The normalized spacial score (nSPS) is 15.8. The van der Waals surface area contributed by atoms with Gasteiger partial charge in [0.05, 0.1) is 11.4 Å². The predicted molar refractivity (Wildman–Crippen MR) is 53.6 cm³/mol. The van der Waals surface area contributed by atoms with Gasteiger partial charge in [-0.15, -0.1) is 11.3 Å². The van der Waals surface area contributed by atoms with Gasteiger partial charge in [0.25, 0.3) is 0 Å². The third-order valence-electron chi connectivity index (χ3n) is 1.66. The summed E-state index contributed by atoms with van der Waals surface area (Å²) >= 11 is 2.73. The first-order chi connectivity index (χ1) is 5.98. The Morgan fingerprint density at radius 1 is 1.46 bits per heavy atom. The first-order valence-corrected chi connectivity index (χ1v) is 5.28. The number of thiophene rings is 1. The second-order valence-corrected chi connectivity index (χ2v) is 4.64. The number of aliphatic imine (C=N–C) groups is 1. The topological polar surface area (TPSA) is 12.4 Å². The van der Waals surface area contributed by atoms with E-state index in [4.69, 9.17) is 0 Å². The molecule has 0 bridgehead atoms. The quantitative estimate of drug-likeness (QED) is 0.650. The standard InChI is InChI=1S/C7H3F3INS/c8-7(9,10)4-1-3-2-12-6(11)5(3)13-4/h1H,2H2. The molecule has 0 saturated heterocycles. The van der Waals surface area contributed by atoms with E-state index in [-0.39, 0.29) is 0 Å². The van der Waals surface area contributed by atoms with Crippen molar-refractivity contribution in [2.45, 2.75) is 12.7 Å². The highest BCUT2D eigenvalue weighted by Crippen LogP contribution is 2.39. The highest BCUT2D eigenvalue weighted by molar-refractivity contribution is 14.1. The molecule has 0 aromatic carbocycles. The maximum Gasteiger partial charge on any atom is 0.425 e. The Bertz CT molecular complexity index is 380. The molecule has 0 unspecified atom stereocenters. The minimum atomic E-state index is -4.22. The van der Waals surface area contributed by atoms with Gasteiger partial charge in [0.2, 0.25) is 0 Å². The molecule has 6 heteroatoms. The number of nitrogens with zero attached hydrogens (tertiary/aromatic N) is 1. The van der Waals surface area contributed by atoms with Crippen LogP contribution in [0.2, 0.25) is 0 Å². The van der Waals surface area contributed by atoms with Gasteiger partial charge in [0, 0.05) is 0 Å². The lowest BCUT2D eigenvalue weighted by Crippen LogP contribution is -2.01. The van der Waals surface area contributed by atoms with Crippen LogP contribution < -0.4 is 0 Å². The molecule has 0 fully saturated rings. The molecule has 1 aliphatic rings. The Balaban J connectivity index is 2.46. The van der Waals surface area contributed by atoms with Crippen molar-refractivity contribution >= 4 is 37.6 Å². The van der Waals surface area contributed by atoms with Gasteiger partial charge >= 0.3 is 6.18 Å². The Labute approximate surface area is 89.8 Å². The summed E-state index contributed by atoms with van der Waals surface area (Å²) in [5.41, 5.74) is 0.696. The van der Waals surface area contributed by atoms with Crippen LogP contribution >= 0.6 is 33.9 Å². The third-order valence-corrected chi connectivity index (χ3v) is 4.14. The lowest BCUT2D eigenvalue weighted by Gasteiger charge is -2.00. The fourth-order valence-corrected chi connectivity index (χ4v) is 2.87. The SMILES string of the molecule is FC(F)(F)c1cc2c(s1)C(I)=NC2. The van der Waals surface area contributed by atoms with Crippen LogP contribution in [-0.4, -0.2) is 3.72 Å². The largest absolute Gasteiger partial charge is 0.425 e. The molecule has 1 aromatic heterocycles. The first kappa shape index (κ1) is 9.45. The van der Waals surface area contributed by atoms with Crippen molar-refractivity contribution in [1.29, 1.82) is 0 Å². The van der Waals surface area contributed by atoms with Gasteiger partial charge in [0.15, 0.2) is 0 Å². The van der Waals surface area contributed by atoms with Crippen molar-refractivity contribution < 1.29 is 13.2 Å². The number of halogens is 4. The van der Waals surface area contributed by atoms with Crippen LogP contribution in [-0.2, 0) is 12.7 Å². The van der Waals surface area contributed by atoms with Gasteiger partial charge in [0.1, 0.15) is 8.60 Å². The smallest absolute Gasteiger partial charge is 0.273 e. The molecule has 1 nitrogen and oxygen atoms in total. The third kappa shape index (κ3) is 1.61. The Morgan fingerprint density at radius 3 is 2.69 bits per heavy atom. The van der Waals surface area contributed by atoms with Crippen LogP contribution in [0.25, 0.3) is 0 Å². The van der Waals surface area contributed by atoms with E-state index < -0.39 is 11.1 Å². The van der Waals surface area contributed by atoms with Gasteiger partial charge in [-0.25, -0.2) is 0 Å². The van der Waals surface area contributed by atoms with Crippen LogP contribution in [0.4, 0.5) is 13.2 Å². The molecule has 0 spiro atoms. The van der Waals surface area contributed by atoms with E-state index in [0.29, 0.717) is 20.7 Å². The molecule has 70 valence electrons. The van der Waals surface area contributed by atoms with Gasteiger partial charge < -0.3 is 0 Å². The molecule has 0 N–H and O–H groups in total. The summed E-state index contributed by atoms with van der Waals surface area (Å²) in [7, 11) is 0. The van der Waals surface area contributed by atoms with Crippen LogP contribution in [0.15, 0.2) is 11.1 Å². The summed E-state index contributed by atoms with van der Waals surface area (Å²) in [5, 5.41) is 0. The number of fused-ring (bicyclic) bond motifs is 1. The molecule has 0 amide bonds.